The van der Waals surface area contributed by atoms with Gasteiger partial charge in [-0.05, 0) is 24.5 Å². The lowest BCUT2D eigenvalue weighted by Gasteiger charge is -2.14. The Kier molecular flexibility index (Phi) is 6.92. The van der Waals surface area contributed by atoms with E-state index in [0.717, 1.165) is 6.42 Å². The largest absolute Gasteiger partial charge is 0.354 e. The van der Waals surface area contributed by atoms with Gasteiger partial charge in [0.05, 0.1) is 6.54 Å². The van der Waals surface area contributed by atoms with Crippen molar-refractivity contribution in [3.05, 3.63) is 35.4 Å². The molecule has 1 aromatic carbocycles. The predicted octanol–water partition coefficient (Wildman–Crippen LogP) is 1.46. The van der Waals surface area contributed by atoms with E-state index < -0.39 is 6.29 Å². The third-order valence-electron chi connectivity index (χ3n) is 2.90. The summed E-state index contributed by atoms with van der Waals surface area (Å²) in [5.41, 5.74) is 2.48. The number of carbonyl (C=O) groups excluding carboxylic acids is 1. The summed E-state index contributed by atoms with van der Waals surface area (Å²) in [6.07, 6.45) is 0.403. The van der Waals surface area contributed by atoms with Crippen LogP contribution in [0.15, 0.2) is 24.3 Å². The predicted molar refractivity (Wildman–Crippen MR) is 74.1 cm³/mol. The molecule has 0 aliphatic heterocycles. The molecule has 1 rings (SSSR count). The van der Waals surface area contributed by atoms with Crippen LogP contribution >= 0.6 is 0 Å². The Morgan fingerprint density at radius 2 is 1.89 bits per heavy atom. The van der Waals surface area contributed by atoms with Crippen molar-refractivity contribution in [2.75, 3.05) is 27.3 Å². The number of nitrogens with one attached hydrogen (secondary N) is 2. The number of ether oxygens (including phenoxy) is 2. The second kappa shape index (κ2) is 8.50. The number of aryl methyl sites for hydroxylation is 1. The van der Waals surface area contributed by atoms with Gasteiger partial charge in [-0.25, -0.2) is 4.79 Å². The quantitative estimate of drug-likeness (QED) is 0.734. The maximum absolute atomic E-state index is 11.5. The van der Waals surface area contributed by atoms with Gasteiger partial charge in [-0.15, -0.1) is 0 Å². The van der Waals surface area contributed by atoms with Crippen molar-refractivity contribution in [2.24, 2.45) is 0 Å². The van der Waals surface area contributed by atoms with E-state index in [1.807, 2.05) is 12.1 Å². The van der Waals surface area contributed by atoms with Crippen molar-refractivity contribution in [3.63, 3.8) is 0 Å². The van der Waals surface area contributed by atoms with Gasteiger partial charge in [0.2, 0.25) is 0 Å². The molecule has 0 saturated heterocycles. The number of hydrogen-bond donors (Lipinski definition) is 2. The van der Waals surface area contributed by atoms with Gasteiger partial charge in [-0.3, -0.25) is 0 Å². The lowest BCUT2D eigenvalue weighted by Crippen LogP contribution is -2.41. The summed E-state index contributed by atoms with van der Waals surface area (Å²) in [7, 11) is 3.07. The van der Waals surface area contributed by atoms with Crippen LogP contribution in [-0.4, -0.2) is 39.6 Å². The molecule has 106 valence electrons. The molecular formula is C14H22N2O3. The van der Waals surface area contributed by atoms with E-state index in [4.69, 9.17) is 9.47 Å². The molecule has 0 spiro atoms. The summed E-state index contributed by atoms with van der Waals surface area (Å²) in [6.45, 7) is 2.99. The smallest absolute Gasteiger partial charge is 0.314 e. The SMILES string of the molecule is COC(CNC(=O)NCCc1ccccc1C)OC. The molecule has 2 N–H and O–H groups in total. The number of benzene rings is 1. The third kappa shape index (κ3) is 5.72. The normalized spacial score (nSPS) is 10.5. The van der Waals surface area contributed by atoms with Crippen molar-refractivity contribution < 1.29 is 14.3 Å². The van der Waals surface area contributed by atoms with Crippen LogP contribution in [0.25, 0.3) is 0 Å². The Bertz CT molecular complexity index is 392. The van der Waals surface area contributed by atoms with E-state index in [1.165, 1.54) is 25.3 Å². The summed E-state index contributed by atoms with van der Waals surface area (Å²) in [4.78, 5) is 11.5. The highest BCUT2D eigenvalue weighted by Gasteiger charge is 2.07. The molecular weight excluding hydrogens is 244 g/mol. The summed E-state index contributed by atoms with van der Waals surface area (Å²) >= 11 is 0. The van der Waals surface area contributed by atoms with E-state index >= 15 is 0 Å². The lowest BCUT2D eigenvalue weighted by atomic mass is 10.1. The molecule has 0 aliphatic carbocycles. The lowest BCUT2D eigenvalue weighted by molar-refractivity contribution is -0.0971. The molecule has 19 heavy (non-hydrogen) atoms. The number of urea groups is 1. The molecule has 0 saturated carbocycles. The van der Waals surface area contributed by atoms with Crippen LogP contribution in [0.2, 0.25) is 0 Å². The maximum atomic E-state index is 11.5. The summed E-state index contributed by atoms with van der Waals surface area (Å²) in [5.74, 6) is 0. The molecule has 0 radical (unpaired) electrons. The highest BCUT2D eigenvalue weighted by molar-refractivity contribution is 5.73. The van der Waals surface area contributed by atoms with Crippen LogP contribution in [0, 0.1) is 6.92 Å². The molecule has 5 heteroatoms. The Morgan fingerprint density at radius 1 is 1.21 bits per heavy atom. The number of hydrogen-bond acceptors (Lipinski definition) is 3. The van der Waals surface area contributed by atoms with E-state index in [-0.39, 0.29) is 6.03 Å². The Labute approximate surface area is 114 Å². The van der Waals surface area contributed by atoms with Crippen molar-refractivity contribution in [2.45, 2.75) is 19.6 Å². The highest BCUT2D eigenvalue weighted by atomic mass is 16.7. The first-order chi connectivity index (χ1) is 9.17. The second-order valence-corrected chi connectivity index (χ2v) is 4.21. The van der Waals surface area contributed by atoms with Gasteiger partial charge in [0.1, 0.15) is 0 Å². The van der Waals surface area contributed by atoms with E-state index in [0.29, 0.717) is 13.1 Å². The van der Waals surface area contributed by atoms with Crippen molar-refractivity contribution in [3.8, 4) is 0 Å². The van der Waals surface area contributed by atoms with Crippen molar-refractivity contribution >= 4 is 6.03 Å². The summed E-state index contributed by atoms with van der Waals surface area (Å²) in [5, 5.41) is 5.49. The first kappa shape index (κ1) is 15.5. The standard InChI is InChI=1S/C14H22N2O3/c1-11-6-4-5-7-12(11)8-9-15-14(17)16-10-13(18-2)19-3/h4-7,13H,8-10H2,1-3H3,(H2,15,16,17). The highest BCUT2D eigenvalue weighted by Crippen LogP contribution is 2.06. The second-order valence-electron chi connectivity index (χ2n) is 4.21. The first-order valence-corrected chi connectivity index (χ1v) is 6.29. The van der Waals surface area contributed by atoms with Gasteiger partial charge in [0, 0.05) is 20.8 Å². The van der Waals surface area contributed by atoms with E-state index in [1.54, 1.807) is 0 Å². The average Bonchev–Trinajstić information content (AvgIpc) is 2.42. The van der Waals surface area contributed by atoms with Crippen LogP contribution in [-0.2, 0) is 15.9 Å². The van der Waals surface area contributed by atoms with Crippen LogP contribution in [0.5, 0.6) is 0 Å². The summed E-state index contributed by atoms with van der Waals surface area (Å²) < 4.78 is 9.95. The topological polar surface area (TPSA) is 59.6 Å². The number of methoxy groups -OCH3 is 2. The molecule has 0 heterocycles. The van der Waals surface area contributed by atoms with Crippen molar-refractivity contribution in [1.82, 2.24) is 10.6 Å². The fraction of sp³-hybridized carbons (Fsp3) is 0.500. The zero-order chi connectivity index (χ0) is 14.1. The molecule has 5 nitrogen and oxygen atoms in total. The minimum absolute atomic E-state index is 0.215. The molecule has 0 bridgehead atoms. The van der Waals surface area contributed by atoms with Gasteiger partial charge >= 0.3 is 6.03 Å². The molecule has 2 amide bonds. The molecule has 0 atom stereocenters. The fourth-order valence-corrected chi connectivity index (χ4v) is 1.70. The fourth-order valence-electron chi connectivity index (χ4n) is 1.70. The van der Waals surface area contributed by atoms with Gasteiger partial charge in [0.15, 0.2) is 6.29 Å². The zero-order valence-corrected chi connectivity index (χ0v) is 11.7. The average molecular weight is 266 g/mol. The van der Waals surface area contributed by atoms with Crippen LogP contribution in [0.3, 0.4) is 0 Å². The van der Waals surface area contributed by atoms with Gasteiger partial charge in [0.25, 0.3) is 0 Å². The van der Waals surface area contributed by atoms with Crippen LogP contribution in [0.1, 0.15) is 11.1 Å². The minimum atomic E-state index is -0.415. The number of carbonyl (C=O) groups is 1. The Morgan fingerprint density at radius 3 is 2.53 bits per heavy atom. The van der Waals surface area contributed by atoms with E-state index in [9.17, 15) is 4.79 Å². The van der Waals surface area contributed by atoms with Gasteiger partial charge in [-0.1, -0.05) is 24.3 Å². The molecule has 0 fully saturated rings. The van der Waals surface area contributed by atoms with Crippen LogP contribution in [0.4, 0.5) is 4.79 Å². The molecule has 1 aromatic rings. The number of amides is 2. The van der Waals surface area contributed by atoms with Crippen LogP contribution < -0.4 is 10.6 Å². The minimum Gasteiger partial charge on any atom is -0.354 e. The zero-order valence-electron chi connectivity index (χ0n) is 11.7. The monoisotopic (exact) mass is 266 g/mol. The van der Waals surface area contributed by atoms with Gasteiger partial charge < -0.3 is 20.1 Å². The molecule has 0 aliphatic rings. The molecule has 0 aromatic heterocycles. The maximum Gasteiger partial charge on any atom is 0.314 e. The Hall–Kier alpha value is -1.59. The third-order valence-corrected chi connectivity index (χ3v) is 2.90. The summed E-state index contributed by atoms with van der Waals surface area (Å²) in [6, 6.07) is 7.93. The van der Waals surface area contributed by atoms with Crippen molar-refractivity contribution in [1.29, 1.82) is 0 Å². The number of rotatable bonds is 7. The Balaban J connectivity index is 2.22. The molecule has 0 unspecified atom stereocenters. The first-order valence-electron chi connectivity index (χ1n) is 6.29. The van der Waals surface area contributed by atoms with E-state index in [2.05, 4.69) is 29.7 Å². The van der Waals surface area contributed by atoms with Gasteiger partial charge in [-0.2, -0.15) is 0 Å².